The molecule has 0 aliphatic heterocycles. The number of ether oxygens (including phenoxy) is 2. The fourth-order valence-corrected chi connectivity index (χ4v) is 1.86. The molecule has 0 spiro atoms. The molecular formula is C17H21NO4. The lowest BCUT2D eigenvalue weighted by atomic mass is 9.87. The number of carbonyl (C=O) groups is 2. The lowest BCUT2D eigenvalue weighted by molar-refractivity contribution is -0.131. The molecule has 0 radical (unpaired) electrons. The molecule has 0 saturated heterocycles. The number of hydrogen-bond donors (Lipinski definition) is 0. The Morgan fingerprint density at radius 3 is 2.41 bits per heavy atom. The van der Waals surface area contributed by atoms with Gasteiger partial charge in [0.15, 0.2) is 0 Å². The van der Waals surface area contributed by atoms with Gasteiger partial charge in [0.1, 0.15) is 12.4 Å². The lowest BCUT2D eigenvalue weighted by Gasteiger charge is -2.20. The largest absolute Gasteiger partial charge is 0.460 e. The SMILES string of the molecule is CCCCC(C)(C#N)COC(=O)c1ccc(OC(C)=O)cc1. The van der Waals surface area contributed by atoms with Gasteiger partial charge in [-0.25, -0.2) is 4.79 Å². The minimum Gasteiger partial charge on any atom is -0.460 e. The Bertz CT molecular complexity index is 559. The second kappa shape index (κ2) is 8.18. The Morgan fingerprint density at radius 2 is 1.91 bits per heavy atom. The maximum atomic E-state index is 12.0. The minimum atomic E-state index is -0.663. The van der Waals surface area contributed by atoms with Crippen molar-refractivity contribution < 1.29 is 19.1 Å². The number of rotatable bonds is 7. The van der Waals surface area contributed by atoms with E-state index in [1.165, 1.54) is 31.2 Å². The summed E-state index contributed by atoms with van der Waals surface area (Å²) in [6, 6.07) is 8.32. The molecule has 0 saturated carbocycles. The van der Waals surface area contributed by atoms with Crippen LogP contribution in [0.2, 0.25) is 0 Å². The standard InChI is InChI=1S/C17H21NO4/c1-4-5-10-17(3,11-18)12-21-16(20)14-6-8-15(9-7-14)22-13(2)19/h6-9H,4-5,10,12H2,1-3H3. The molecule has 1 unspecified atom stereocenters. The third kappa shape index (κ3) is 5.57. The number of nitrogens with zero attached hydrogens (tertiary/aromatic N) is 1. The van der Waals surface area contributed by atoms with Gasteiger partial charge in [0, 0.05) is 6.92 Å². The van der Waals surface area contributed by atoms with Crippen LogP contribution < -0.4 is 4.74 Å². The summed E-state index contributed by atoms with van der Waals surface area (Å²) in [5, 5.41) is 9.23. The molecule has 0 aromatic heterocycles. The summed E-state index contributed by atoms with van der Waals surface area (Å²) in [6.07, 6.45) is 2.60. The van der Waals surface area contributed by atoms with Crippen molar-refractivity contribution in [2.45, 2.75) is 40.0 Å². The van der Waals surface area contributed by atoms with Gasteiger partial charge in [-0.3, -0.25) is 4.79 Å². The molecule has 0 aliphatic carbocycles. The van der Waals surface area contributed by atoms with Crippen LogP contribution in [0.3, 0.4) is 0 Å². The molecule has 5 nitrogen and oxygen atoms in total. The van der Waals surface area contributed by atoms with Gasteiger partial charge in [0.05, 0.1) is 17.0 Å². The van der Waals surface area contributed by atoms with Gasteiger partial charge in [0.2, 0.25) is 0 Å². The normalized spacial score (nSPS) is 12.8. The van der Waals surface area contributed by atoms with E-state index in [9.17, 15) is 14.9 Å². The number of benzene rings is 1. The topological polar surface area (TPSA) is 76.4 Å². The fourth-order valence-electron chi connectivity index (χ4n) is 1.86. The summed E-state index contributed by atoms with van der Waals surface area (Å²) in [6.45, 7) is 5.21. The summed E-state index contributed by atoms with van der Waals surface area (Å²) in [4.78, 5) is 22.8. The van der Waals surface area contributed by atoms with Gasteiger partial charge < -0.3 is 9.47 Å². The van der Waals surface area contributed by atoms with Crippen LogP contribution in [0.25, 0.3) is 0 Å². The van der Waals surface area contributed by atoms with Gasteiger partial charge in [-0.05, 0) is 37.6 Å². The Labute approximate surface area is 130 Å². The molecule has 0 aliphatic rings. The van der Waals surface area contributed by atoms with Gasteiger partial charge in [-0.15, -0.1) is 0 Å². The average molecular weight is 303 g/mol. The van der Waals surface area contributed by atoms with Crippen molar-refractivity contribution in [3.8, 4) is 11.8 Å². The molecule has 118 valence electrons. The number of esters is 2. The zero-order valence-corrected chi connectivity index (χ0v) is 13.2. The van der Waals surface area contributed by atoms with Crippen molar-refractivity contribution in [2.75, 3.05) is 6.61 Å². The van der Waals surface area contributed by atoms with Crippen LogP contribution in [0.4, 0.5) is 0 Å². The summed E-state index contributed by atoms with van der Waals surface area (Å²) in [5.41, 5.74) is -0.310. The molecule has 1 atom stereocenters. The highest BCUT2D eigenvalue weighted by atomic mass is 16.5. The molecule has 22 heavy (non-hydrogen) atoms. The van der Waals surface area contributed by atoms with Crippen LogP contribution in [0.5, 0.6) is 5.75 Å². The number of hydrogen-bond acceptors (Lipinski definition) is 5. The van der Waals surface area contributed by atoms with Crippen molar-refractivity contribution in [1.82, 2.24) is 0 Å². The Morgan fingerprint density at radius 1 is 1.27 bits per heavy atom. The number of carbonyl (C=O) groups excluding carboxylic acids is 2. The van der Waals surface area contributed by atoms with Gasteiger partial charge in [0.25, 0.3) is 0 Å². The van der Waals surface area contributed by atoms with Crippen LogP contribution in [0.15, 0.2) is 24.3 Å². The summed E-state index contributed by atoms with van der Waals surface area (Å²) >= 11 is 0. The average Bonchev–Trinajstić information content (AvgIpc) is 2.51. The smallest absolute Gasteiger partial charge is 0.338 e. The van der Waals surface area contributed by atoms with E-state index in [1.807, 2.05) is 0 Å². The third-order valence-electron chi connectivity index (χ3n) is 3.23. The molecule has 1 rings (SSSR count). The molecule has 0 N–H and O–H groups in total. The van der Waals surface area contributed by atoms with Crippen LogP contribution >= 0.6 is 0 Å². The third-order valence-corrected chi connectivity index (χ3v) is 3.23. The summed E-state index contributed by atoms with van der Waals surface area (Å²) < 4.78 is 10.1. The van der Waals surface area contributed by atoms with E-state index in [2.05, 4.69) is 13.0 Å². The number of unbranched alkanes of at least 4 members (excludes halogenated alkanes) is 1. The highest BCUT2D eigenvalue weighted by Gasteiger charge is 2.25. The molecule has 0 amide bonds. The molecule has 0 heterocycles. The molecule has 0 fully saturated rings. The second-order valence-electron chi connectivity index (χ2n) is 5.47. The maximum Gasteiger partial charge on any atom is 0.338 e. The first-order valence-electron chi connectivity index (χ1n) is 7.27. The van der Waals surface area contributed by atoms with Crippen molar-refractivity contribution in [3.63, 3.8) is 0 Å². The molecular weight excluding hydrogens is 282 g/mol. The Balaban J connectivity index is 2.61. The van der Waals surface area contributed by atoms with Crippen LogP contribution in [0.1, 0.15) is 50.4 Å². The van der Waals surface area contributed by atoms with Gasteiger partial charge in [-0.1, -0.05) is 19.8 Å². The Hall–Kier alpha value is -2.35. The number of nitriles is 1. The van der Waals surface area contributed by atoms with E-state index in [4.69, 9.17) is 9.47 Å². The van der Waals surface area contributed by atoms with E-state index in [1.54, 1.807) is 6.92 Å². The van der Waals surface area contributed by atoms with E-state index < -0.39 is 17.4 Å². The molecule has 1 aromatic rings. The van der Waals surface area contributed by atoms with E-state index in [0.717, 1.165) is 12.8 Å². The maximum absolute atomic E-state index is 12.0. The second-order valence-corrected chi connectivity index (χ2v) is 5.47. The van der Waals surface area contributed by atoms with Crippen LogP contribution in [-0.2, 0) is 9.53 Å². The van der Waals surface area contributed by atoms with Gasteiger partial charge >= 0.3 is 11.9 Å². The Kier molecular flexibility index (Phi) is 6.58. The molecule has 5 heteroatoms. The fraction of sp³-hybridized carbons (Fsp3) is 0.471. The first kappa shape index (κ1) is 17.7. The summed E-state index contributed by atoms with van der Waals surface area (Å²) in [5.74, 6) is -0.544. The van der Waals surface area contributed by atoms with E-state index >= 15 is 0 Å². The predicted octanol–water partition coefficient (Wildman–Crippen LogP) is 3.49. The highest BCUT2D eigenvalue weighted by molar-refractivity contribution is 5.89. The predicted molar refractivity (Wildman–Crippen MR) is 81.3 cm³/mol. The van der Waals surface area contributed by atoms with E-state index in [0.29, 0.717) is 17.7 Å². The quantitative estimate of drug-likeness (QED) is 0.569. The van der Waals surface area contributed by atoms with Gasteiger partial charge in [-0.2, -0.15) is 5.26 Å². The van der Waals surface area contributed by atoms with Crippen molar-refractivity contribution in [2.24, 2.45) is 5.41 Å². The molecule has 1 aromatic carbocycles. The first-order chi connectivity index (χ1) is 10.4. The highest BCUT2D eigenvalue weighted by Crippen LogP contribution is 2.24. The van der Waals surface area contributed by atoms with Crippen LogP contribution in [0, 0.1) is 16.7 Å². The van der Waals surface area contributed by atoms with E-state index in [-0.39, 0.29) is 6.61 Å². The van der Waals surface area contributed by atoms with Crippen LogP contribution in [-0.4, -0.2) is 18.5 Å². The van der Waals surface area contributed by atoms with Crippen molar-refractivity contribution >= 4 is 11.9 Å². The first-order valence-corrected chi connectivity index (χ1v) is 7.27. The van der Waals surface area contributed by atoms with Crippen molar-refractivity contribution in [3.05, 3.63) is 29.8 Å². The minimum absolute atomic E-state index is 0.0635. The zero-order valence-electron chi connectivity index (χ0n) is 13.2. The van der Waals surface area contributed by atoms with Crippen molar-refractivity contribution in [1.29, 1.82) is 5.26 Å². The zero-order chi connectivity index (χ0) is 16.6. The summed E-state index contributed by atoms with van der Waals surface area (Å²) in [7, 11) is 0. The molecule has 0 bridgehead atoms. The monoisotopic (exact) mass is 303 g/mol. The lowest BCUT2D eigenvalue weighted by Crippen LogP contribution is -2.23.